The molecule has 2 rings (SSSR count). The minimum atomic E-state index is 0.392. The molecular formula is C11H15N3S2. The lowest BCUT2D eigenvalue weighted by Crippen LogP contribution is -2.12. The van der Waals surface area contributed by atoms with Gasteiger partial charge in [-0.15, -0.1) is 23.1 Å². The van der Waals surface area contributed by atoms with Gasteiger partial charge >= 0.3 is 0 Å². The van der Waals surface area contributed by atoms with Gasteiger partial charge in [0.15, 0.2) is 0 Å². The van der Waals surface area contributed by atoms with E-state index >= 15 is 0 Å². The average Bonchev–Trinajstić information content (AvgIpc) is 2.73. The van der Waals surface area contributed by atoms with Crippen LogP contribution >= 0.6 is 23.1 Å². The minimum absolute atomic E-state index is 0.392. The third-order valence-electron chi connectivity index (χ3n) is 2.34. The van der Waals surface area contributed by atoms with Crippen LogP contribution in [0.5, 0.6) is 0 Å². The Bertz CT molecular complexity index is 481. The number of nitrogens with two attached hydrogens (primary N) is 1. The molecule has 0 saturated heterocycles. The van der Waals surface area contributed by atoms with E-state index in [4.69, 9.17) is 5.73 Å². The van der Waals surface area contributed by atoms with Crippen LogP contribution < -0.4 is 5.73 Å². The molecule has 0 aromatic carbocycles. The highest BCUT2D eigenvalue weighted by Crippen LogP contribution is 2.32. The number of aromatic nitrogens is 2. The Kier molecular flexibility index (Phi) is 3.78. The summed E-state index contributed by atoms with van der Waals surface area (Å²) in [5.74, 6) is 0. The molecule has 5 heteroatoms. The summed E-state index contributed by atoms with van der Waals surface area (Å²) in [7, 11) is 0. The third kappa shape index (κ3) is 2.36. The first-order chi connectivity index (χ1) is 7.74. The number of rotatable bonds is 4. The van der Waals surface area contributed by atoms with Gasteiger partial charge in [0.1, 0.15) is 16.2 Å². The van der Waals surface area contributed by atoms with Gasteiger partial charge in [-0.05, 0) is 12.5 Å². The van der Waals surface area contributed by atoms with Crippen LogP contribution in [0.4, 0.5) is 0 Å². The molecule has 3 nitrogen and oxygen atoms in total. The van der Waals surface area contributed by atoms with Crippen LogP contribution in [0, 0.1) is 0 Å². The van der Waals surface area contributed by atoms with Gasteiger partial charge in [-0.25, -0.2) is 9.97 Å². The lowest BCUT2D eigenvalue weighted by Gasteiger charge is -2.07. The molecular weight excluding hydrogens is 238 g/mol. The summed E-state index contributed by atoms with van der Waals surface area (Å²) in [5, 5.41) is 2.62. The van der Waals surface area contributed by atoms with Crippen LogP contribution in [-0.4, -0.2) is 21.8 Å². The number of thioether (sulfide) groups is 1. The Morgan fingerprint density at radius 3 is 3.00 bits per heavy atom. The van der Waals surface area contributed by atoms with Gasteiger partial charge in [0.25, 0.3) is 0 Å². The van der Waals surface area contributed by atoms with Crippen molar-refractivity contribution in [1.29, 1.82) is 0 Å². The molecule has 0 saturated carbocycles. The van der Waals surface area contributed by atoms with E-state index in [1.165, 1.54) is 10.3 Å². The topological polar surface area (TPSA) is 51.8 Å². The van der Waals surface area contributed by atoms with Crippen LogP contribution in [0.15, 0.2) is 17.4 Å². The summed E-state index contributed by atoms with van der Waals surface area (Å²) < 4.78 is 0. The van der Waals surface area contributed by atoms with Crippen LogP contribution in [0.3, 0.4) is 0 Å². The molecule has 1 unspecified atom stereocenters. The van der Waals surface area contributed by atoms with Gasteiger partial charge in [0.05, 0.1) is 0 Å². The van der Waals surface area contributed by atoms with E-state index in [1.807, 2.05) is 0 Å². The summed E-state index contributed by atoms with van der Waals surface area (Å²) in [5.41, 5.74) is 5.63. The van der Waals surface area contributed by atoms with Gasteiger partial charge in [-0.2, -0.15) is 0 Å². The highest BCUT2D eigenvalue weighted by atomic mass is 32.2. The third-order valence-corrected chi connectivity index (χ3v) is 4.67. The Morgan fingerprint density at radius 2 is 2.31 bits per heavy atom. The van der Waals surface area contributed by atoms with Gasteiger partial charge in [-0.1, -0.05) is 13.8 Å². The van der Waals surface area contributed by atoms with E-state index < -0.39 is 0 Å². The predicted molar refractivity (Wildman–Crippen MR) is 71.2 cm³/mol. The van der Waals surface area contributed by atoms with Crippen molar-refractivity contribution in [3.05, 3.63) is 17.3 Å². The van der Waals surface area contributed by atoms with Gasteiger partial charge in [-0.3, -0.25) is 0 Å². The van der Waals surface area contributed by atoms with Crippen LogP contribution in [0.25, 0.3) is 10.2 Å². The maximum Gasteiger partial charge on any atom is 0.128 e. The molecule has 0 aliphatic rings. The smallest absolute Gasteiger partial charge is 0.128 e. The number of nitrogens with zero attached hydrogens (tertiary/aromatic N) is 2. The number of aryl methyl sites for hydroxylation is 1. The van der Waals surface area contributed by atoms with Crippen molar-refractivity contribution >= 4 is 33.3 Å². The Labute approximate surface area is 103 Å². The molecule has 0 fully saturated rings. The monoisotopic (exact) mass is 253 g/mol. The zero-order chi connectivity index (χ0) is 11.5. The van der Waals surface area contributed by atoms with Crippen molar-refractivity contribution in [3.63, 3.8) is 0 Å². The quantitative estimate of drug-likeness (QED) is 0.672. The van der Waals surface area contributed by atoms with Crippen molar-refractivity contribution in [3.8, 4) is 0 Å². The molecule has 0 spiro atoms. The highest BCUT2D eigenvalue weighted by molar-refractivity contribution is 8.00. The fourth-order valence-corrected chi connectivity index (χ4v) is 3.26. The van der Waals surface area contributed by atoms with Crippen LogP contribution in [-0.2, 0) is 6.42 Å². The predicted octanol–water partition coefficient (Wildman–Crippen LogP) is 2.69. The van der Waals surface area contributed by atoms with Gasteiger partial charge < -0.3 is 5.73 Å². The molecule has 16 heavy (non-hydrogen) atoms. The van der Waals surface area contributed by atoms with E-state index in [0.29, 0.717) is 11.8 Å². The Balaban J connectivity index is 2.40. The number of hydrogen-bond donors (Lipinski definition) is 1. The normalized spacial score (nSPS) is 13.2. The first-order valence-corrected chi connectivity index (χ1v) is 7.04. The summed E-state index contributed by atoms with van der Waals surface area (Å²) in [6, 6.07) is 2.20. The van der Waals surface area contributed by atoms with E-state index in [0.717, 1.165) is 16.3 Å². The SMILES string of the molecule is CCc1cc2c(SC(C)CN)ncnc2s1. The van der Waals surface area contributed by atoms with Gasteiger partial charge in [0, 0.05) is 22.1 Å². The van der Waals surface area contributed by atoms with Crippen molar-refractivity contribution in [2.75, 3.05) is 6.54 Å². The standard InChI is InChI=1S/C11H15N3S2/c1-3-8-4-9-10(15-7(2)5-12)13-6-14-11(9)16-8/h4,6-7H,3,5,12H2,1-2H3. The second-order valence-electron chi connectivity index (χ2n) is 3.63. The lowest BCUT2D eigenvalue weighted by molar-refractivity contribution is 0.945. The van der Waals surface area contributed by atoms with E-state index in [9.17, 15) is 0 Å². The molecule has 2 heterocycles. The Morgan fingerprint density at radius 1 is 1.50 bits per heavy atom. The number of hydrogen-bond acceptors (Lipinski definition) is 5. The maximum atomic E-state index is 5.63. The van der Waals surface area contributed by atoms with E-state index in [1.54, 1.807) is 29.4 Å². The summed E-state index contributed by atoms with van der Waals surface area (Å²) in [6.07, 6.45) is 2.70. The molecule has 2 aromatic rings. The number of thiophene rings is 1. The summed E-state index contributed by atoms with van der Waals surface area (Å²) >= 11 is 3.48. The largest absolute Gasteiger partial charge is 0.329 e. The first-order valence-electron chi connectivity index (χ1n) is 5.34. The lowest BCUT2D eigenvalue weighted by atomic mass is 10.3. The molecule has 1 atom stereocenters. The van der Waals surface area contributed by atoms with Crippen molar-refractivity contribution in [2.24, 2.45) is 5.73 Å². The first kappa shape index (κ1) is 11.8. The zero-order valence-electron chi connectivity index (χ0n) is 9.43. The second-order valence-corrected chi connectivity index (χ2v) is 6.17. The molecule has 86 valence electrons. The van der Waals surface area contributed by atoms with Crippen LogP contribution in [0.2, 0.25) is 0 Å². The van der Waals surface area contributed by atoms with E-state index in [2.05, 4.69) is 29.9 Å². The van der Waals surface area contributed by atoms with Crippen molar-refractivity contribution < 1.29 is 0 Å². The molecule has 0 amide bonds. The summed E-state index contributed by atoms with van der Waals surface area (Å²) in [4.78, 5) is 11.1. The molecule has 0 bridgehead atoms. The second kappa shape index (κ2) is 5.12. The van der Waals surface area contributed by atoms with Crippen molar-refractivity contribution in [2.45, 2.75) is 30.5 Å². The van der Waals surface area contributed by atoms with E-state index in [-0.39, 0.29) is 0 Å². The zero-order valence-corrected chi connectivity index (χ0v) is 11.1. The minimum Gasteiger partial charge on any atom is -0.329 e. The molecule has 2 N–H and O–H groups in total. The summed E-state index contributed by atoms with van der Waals surface area (Å²) in [6.45, 7) is 4.94. The molecule has 0 aliphatic carbocycles. The molecule has 0 aliphatic heterocycles. The van der Waals surface area contributed by atoms with Crippen LogP contribution in [0.1, 0.15) is 18.7 Å². The molecule has 0 radical (unpaired) electrons. The molecule has 2 aromatic heterocycles. The average molecular weight is 253 g/mol. The number of fused-ring (bicyclic) bond motifs is 1. The maximum absolute atomic E-state index is 5.63. The fraction of sp³-hybridized carbons (Fsp3) is 0.455. The fourth-order valence-electron chi connectivity index (χ4n) is 1.39. The highest BCUT2D eigenvalue weighted by Gasteiger charge is 2.10. The van der Waals surface area contributed by atoms with Gasteiger partial charge in [0.2, 0.25) is 0 Å². The Hall–Kier alpha value is -0.650. The van der Waals surface area contributed by atoms with Crippen molar-refractivity contribution in [1.82, 2.24) is 9.97 Å².